The zero-order valence-electron chi connectivity index (χ0n) is 12.7. The summed E-state index contributed by atoms with van der Waals surface area (Å²) in [5.74, 6) is -0.999. The van der Waals surface area contributed by atoms with Crippen LogP contribution in [0.4, 0.5) is 5.00 Å². The molecular formula is C17H16N2O3S. The molecule has 0 bridgehead atoms. The molecule has 2 heterocycles. The zero-order valence-corrected chi connectivity index (χ0v) is 13.5. The Balaban J connectivity index is 2.16. The number of morpholine rings is 1. The maximum absolute atomic E-state index is 11.7. The van der Waals surface area contributed by atoms with Crippen molar-refractivity contribution >= 4 is 22.3 Å². The molecule has 0 unspecified atom stereocenters. The van der Waals surface area contributed by atoms with Crippen molar-refractivity contribution in [3.8, 4) is 17.2 Å². The number of benzene rings is 1. The van der Waals surface area contributed by atoms with E-state index in [4.69, 9.17) is 4.74 Å². The summed E-state index contributed by atoms with van der Waals surface area (Å²) < 4.78 is 5.34. The predicted octanol–water partition coefficient (Wildman–Crippen LogP) is 3.13. The lowest BCUT2D eigenvalue weighted by Gasteiger charge is -2.27. The van der Waals surface area contributed by atoms with Crippen LogP contribution in [0.1, 0.15) is 20.8 Å². The van der Waals surface area contributed by atoms with E-state index in [0.29, 0.717) is 37.4 Å². The minimum absolute atomic E-state index is 0.215. The van der Waals surface area contributed by atoms with Gasteiger partial charge in [0.2, 0.25) is 0 Å². The maximum atomic E-state index is 11.7. The van der Waals surface area contributed by atoms with Crippen LogP contribution in [0.2, 0.25) is 0 Å². The Labute approximate surface area is 138 Å². The molecular weight excluding hydrogens is 312 g/mol. The summed E-state index contributed by atoms with van der Waals surface area (Å²) in [5, 5.41) is 19.9. The van der Waals surface area contributed by atoms with Crippen molar-refractivity contribution in [1.29, 1.82) is 5.26 Å². The third kappa shape index (κ3) is 2.93. The van der Waals surface area contributed by atoms with E-state index < -0.39 is 5.97 Å². The van der Waals surface area contributed by atoms with Gasteiger partial charge in [-0.2, -0.15) is 5.26 Å². The molecule has 1 aromatic heterocycles. The third-order valence-electron chi connectivity index (χ3n) is 3.83. The number of nitrogens with zero attached hydrogens (tertiary/aromatic N) is 2. The van der Waals surface area contributed by atoms with Gasteiger partial charge in [0.15, 0.2) is 0 Å². The first-order valence-corrected chi connectivity index (χ1v) is 8.13. The molecule has 0 aliphatic carbocycles. The van der Waals surface area contributed by atoms with Gasteiger partial charge < -0.3 is 14.7 Å². The number of hydrogen-bond donors (Lipinski definition) is 1. The molecule has 23 heavy (non-hydrogen) atoms. The van der Waals surface area contributed by atoms with Gasteiger partial charge in [0, 0.05) is 18.7 Å². The van der Waals surface area contributed by atoms with Gasteiger partial charge in [-0.05, 0) is 12.5 Å². The molecule has 0 saturated carbocycles. The molecule has 6 heteroatoms. The van der Waals surface area contributed by atoms with Gasteiger partial charge in [0.05, 0.1) is 18.8 Å². The summed E-state index contributed by atoms with van der Waals surface area (Å²) in [6.07, 6.45) is 0. The minimum Gasteiger partial charge on any atom is -0.477 e. The Hall–Kier alpha value is -2.36. The quantitative estimate of drug-likeness (QED) is 0.937. The standard InChI is InChI=1S/C17H16N2O3S/c1-11-2-4-12(5-3-11)14-13(10-18)16(23-15(14)17(20)21)19-6-8-22-9-7-19/h2-5H,6-9H2,1H3,(H,20,21). The van der Waals surface area contributed by atoms with Crippen molar-refractivity contribution in [2.75, 3.05) is 31.2 Å². The monoisotopic (exact) mass is 328 g/mol. The Kier molecular flexibility index (Phi) is 4.33. The molecule has 1 fully saturated rings. The van der Waals surface area contributed by atoms with Crippen LogP contribution < -0.4 is 4.90 Å². The minimum atomic E-state index is -0.999. The van der Waals surface area contributed by atoms with Crippen molar-refractivity contribution in [2.45, 2.75) is 6.92 Å². The highest BCUT2D eigenvalue weighted by Gasteiger charge is 2.27. The van der Waals surface area contributed by atoms with Crippen LogP contribution in [0.3, 0.4) is 0 Å². The predicted molar refractivity (Wildman–Crippen MR) is 89.2 cm³/mol. The van der Waals surface area contributed by atoms with Crippen LogP contribution in [0.15, 0.2) is 24.3 Å². The fraction of sp³-hybridized carbons (Fsp3) is 0.294. The molecule has 2 aromatic rings. The highest BCUT2D eigenvalue weighted by Crippen LogP contribution is 2.42. The van der Waals surface area contributed by atoms with E-state index >= 15 is 0 Å². The summed E-state index contributed by atoms with van der Waals surface area (Å²) in [5.41, 5.74) is 2.82. The van der Waals surface area contributed by atoms with Gasteiger partial charge in [-0.15, -0.1) is 11.3 Å². The fourth-order valence-electron chi connectivity index (χ4n) is 2.66. The average Bonchev–Trinajstić information content (AvgIpc) is 2.96. The number of nitriles is 1. The van der Waals surface area contributed by atoms with E-state index in [1.807, 2.05) is 36.1 Å². The SMILES string of the molecule is Cc1ccc(-c2c(C(=O)O)sc(N3CCOCC3)c2C#N)cc1. The molecule has 1 aromatic carbocycles. The Morgan fingerprint density at radius 3 is 2.52 bits per heavy atom. The largest absolute Gasteiger partial charge is 0.477 e. The molecule has 1 saturated heterocycles. The molecule has 0 spiro atoms. The normalized spacial score (nSPS) is 14.5. The van der Waals surface area contributed by atoms with E-state index in [0.717, 1.165) is 16.1 Å². The van der Waals surface area contributed by atoms with Gasteiger partial charge in [-0.3, -0.25) is 0 Å². The number of rotatable bonds is 3. The van der Waals surface area contributed by atoms with Crippen molar-refractivity contribution in [3.05, 3.63) is 40.3 Å². The van der Waals surface area contributed by atoms with Crippen LogP contribution in [-0.2, 0) is 4.74 Å². The lowest BCUT2D eigenvalue weighted by molar-refractivity contribution is 0.0703. The van der Waals surface area contributed by atoms with E-state index in [2.05, 4.69) is 6.07 Å². The number of thiophene rings is 1. The average molecular weight is 328 g/mol. The van der Waals surface area contributed by atoms with E-state index in [1.54, 1.807) is 0 Å². The summed E-state index contributed by atoms with van der Waals surface area (Å²) >= 11 is 1.17. The molecule has 5 nitrogen and oxygen atoms in total. The Morgan fingerprint density at radius 1 is 1.30 bits per heavy atom. The molecule has 118 valence electrons. The number of carboxylic acid groups (broad SMARTS) is 1. The molecule has 0 radical (unpaired) electrons. The Bertz CT molecular complexity index is 768. The Morgan fingerprint density at radius 2 is 1.96 bits per heavy atom. The second kappa shape index (κ2) is 6.41. The number of carboxylic acids is 1. The second-order valence-electron chi connectivity index (χ2n) is 5.37. The summed E-state index contributed by atoms with van der Waals surface area (Å²) in [4.78, 5) is 13.9. The van der Waals surface area contributed by atoms with Gasteiger partial charge in [-0.1, -0.05) is 29.8 Å². The fourth-order valence-corrected chi connectivity index (χ4v) is 3.82. The highest BCUT2D eigenvalue weighted by atomic mass is 32.1. The lowest BCUT2D eigenvalue weighted by Crippen LogP contribution is -2.36. The summed E-state index contributed by atoms with van der Waals surface area (Å²) in [7, 11) is 0. The molecule has 0 amide bonds. The van der Waals surface area contributed by atoms with Crippen LogP contribution in [-0.4, -0.2) is 37.4 Å². The van der Waals surface area contributed by atoms with E-state index in [1.165, 1.54) is 11.3 Å². The maximum Gasteiger partial charge on any atom is 0.346 e. The molecule has 1 N–H and O–H groups in total. The smallest absolute Gasteiger partial charge is 0.346 e. The van der Waals surface area contributed by atoms with E-state index in [9.17, 15) is 15.2 Å². The van der Waals surface area contributed by atoms with Crippen LogP contribution in [0, 0.1) is 18.3 Å². The first kappa shape index (κ1) is 15.5. The molecule has 1 aliphatic rings. The van der Waals surface area contributed by atoms with Crippen molar-refractivity contribution in [1.82, 2.24) is 0 Å². The van der Waals surface area contributed by atoms with E-state index in [-0.39, 0.29) is 4.88 Å². The third-order valence-corrected chi connectivity index (χ3v) is 5.07. The first-order valence-electron chi connectivity index (χ1n) is 7.31. The number of hydrogen-bond acceptors (Lipinski definition) is 5. The second-order valence-corrected chi connectivity index (χ2v) is 6.37. The summed E-state index contributed by atoms with van der Waals surface area (Å²) in [6.45, 7) is 4.49. The topological polar surface area (TPSA) is 73.6 Å². The summed E-state index contributed by atoms with van der Waals surface area (Å²) in [6, 6.07) is 9.80. The number of anilines is 1. The number of aryl methyl sites for hydroxylation is 1. The highest BCUT2D eigenvalue weighted by molar-refractivity contribution is 7.18. The lowest BCUT2D eigenvalue weighted by atomic mass is 10.0. The van der Waals surface area contributed by atoms with Crippen LogP contribution in [0.5, 0.6) is 0 Å². The number of ether oxygens (including phenoxy) is 1. The number of aromatic carboxylic acids is 1. The van der Waals surface area contributed by atoms with Crippen LogP contribution >= 0.6 is 11.3 Å². The molecule has 0 atom stereocenters. The van der Waals surface area contributed by atoms with Gasteiger partial charge in [0.25, 0.3) is 0 Å². The van der Waals surface area contributed by atoms with Gasteiger partial charge >= 0.3 is 5.97 Å². The molecule has 3 rings (SSSR count). The zero-order chi connectivity index (χ0) is 16.4. The number of carbonyl (C=O) groups is 1. The van der Waals surface area contributed by atoms with Crippen molar-refractivity contribution in [2.24, 2.45) is 0 Å². The van der Waals surface area contributed by atoms with Gasteiger partial charge in [-0.25, -0.2) is 4.79 Å². The first-order chi connectivity index (χ1) is 11.1. The van der Waals surface area contributed by atoms with Crippen LogP contribution in [0.25, 0.3) is 11.1 Å². The van der Waals surface area contributed by atoms with Crippen molar-refractivity contribution < 1.29 is 14.6 Å². The van der Waals surface area contributed by atoms with Crippen molar-refractivity contribution in [3.63, 3.8) is 0 Å². The van der Waals surface area contributed by atoms with Gasteiger partial charge in [0.1, 0.15) is 15.9 Å². The molecule has 1 aliphatic heterocycles.